The molecule has 0 amide bonds. The summed E-state index contributed by atoms with van der Waals surface area (Å²) in [5.41, 5.74) is 5.20. The highest BCUT2D eigenvalue weighted by Crippen LogP contribution is 2.51. The lowest BCUT2D eigenvalue weighted by atomic mass is 10.1. The van der Waals surface area contributed by atoms with Gasteiger partial charge in [0.15, 0.2) is 0 Å². The lowest BCUT2D eigenvalue weighted by molar-refractivity contribution is -0.138. The third kappa shape index (κ3) is 2.79. The number of aromatic nitrogens is 2. The number of nitrogens with zero attached hydrogens (tertiary/aromatic N) is 1. The van der Waals surface area contributed by atoms with Gasteiger partial charge in [0.2, 0.25) is 0 Å². The Morgan fingerprint density at radius 1 is 1.65 bits per heavy atom. The SMILES string of the molecule is Nc1c(SCC2(CC(=O)O)CC2)nc[nH]c1=O. The fourth-order valence-electron chi connectivity index (χ4n) is 1.60. The van der Waals surface area contributed by atoms with Gasteiger partial charge in [0.1, 0.15) is 10.7 Å². The van der Waals surface area contributed by atoms with Crippen LogP contribution in [-0.4, -0.2) is 26.8 Å². The molecule has 1 saturated carbocycles. The average Bonchev–Trinajstić information content (AvgIpc) is 3.00. The van der Waals surface area contributed by atoms with Crippen LogP contribution < -0.4 is 11.3 Å². The second-order valence-electron chi connectivity index (χ2n) is 4.31. The lowest BCUT2D eigenvalue weighted by Crippen LogP contribution is -2.15. The summed E-state index contributed by atoms with van der Waals surface area (Å²) in [4.78, 5) is 28.3. The second kappa shape index (κ2) is 4.40. The van der Waals surface area contributed by atoms with E-state index < -0.39 is 5.97 Å². The van der Waals surface area contributed by atoms with E-state index in [-0.39, 0.29) is 23.1 Å². The van der Waals surface area contributed by atoms with Crippen molar-refractivity contribution in [3.8, 4) is 0 Å². The normalized spacial score (nSPS) is 16.7. The maximum atomic E-state index is 11.2. The van der Waals surface area contributed by atoms with Gasteiger partial charge < -0.3 is 15.8 Å². The molecule has 0 spiro atoms. The Bertz CT molecular complexity index is 496. The largest absolute Gasteiger partial charge is 0.481 e. The smallest absolute Gasteiger partial charge is 0.303 e. The molecule has 1 heterocycles. The Labute approximate surface area is 102 Å². The van der Waals surface area contributed by atoms with Gasteiger partial charge in [-0.25, -0.2) is 4.98 Å². The van der Waals surface area contributed by atoms with Crippen LogP contribution in [0.1, 0.15) is 19.3 Å². The van der Waals surface area contributed by atoms with Crippen molar-refractivity contribution in [3.05, 3.63) is 16.7 Å². The van der Waals surface area contributed by atoms with E-state index in [0.717, 1.165) is 12.8 Å². The van der Waals surface area contributed by atoms with E-state index in [4.69, 9.17) is 10.8 Å². The number of rotatable bonds is 5. The van der Waals surface area contributed by atoms with E-state index in [1.165, 1.54) is 18.1 Å². The zero-order chi connectivity index (χ0) is 12.5. The molecule has 2 rings (SSSR count). The molecule has 1 aliphatic carbocycles. The van der Waals surface area contributed by atoms with Crippen LogP contribution in [0.15, 0.2) is 16.1 Å². The van der Waals surface area contributed by atoms with Gasteiger partial charge in [-0.2, -0.15) is 0 Å². The average molecular weight is 255 g/mol. The first-order valence-corrected chi connectivity index (χ1v) is 6.19. The molecule has 0 atom stereocenters. The number of carboxylic acid groups (broad SMARTS) is 1. The van der Waals surface area contributed by atoms with E-state index in [9.17, 15) is 9.59 Å². The van der Waals surface area contributed by atoms with Gasteiger partial charge in [0.05, 0.1) is 12.7 Å². The number of H-pyrrole nitrogens is 1. The number of thioether (sulfide) groups is 1. The molecular weight excluding hydrogens is 242 g/mol. The summed E-state index contributed by atoms with van der Waals surface area (Å²) < 4.78 is 0. The zero-order valence-electron chi connectivity index (χ0n) is 9.10. The summed E-state index contributed by atoms with van der Waals surface area (Å²) in [7, 11) is 0. The molecule has 1 aliphatic rings. The van der Waals surface area contributed by atoms with Gasteiger partial charge >= 0.3 is 5.97 Å². The summed E-state index contributed by atoms with van der Waals surface area (Å²) >= 11 is 1.35. The number of hydrogen-bond acceptors (Lipinski definition) is 5. The van der Waals surface area contributed by atoms with E-state index in [1.807, 2.05) is 0 Å². The van der Waals surface area contributed by atoms with E-state index in [2.05, 4.69) is 9.97 Å². The Hall–Kier alpha value is -1.50. The monoisotopic (exact) mass is 255 g/mol. The molecule has 7 heteroatoms. The van der Waals surface area contributed by atoms with Crippen molar-refractivity contribution >= 4 is 23.4 Å². The Kier molecular flexibility index (Phi) is 3.10. The first-order chi connectivity index (χ1) is 8.02. The maximum absolute atomic E-state index is 11.2. The number of nitrogens with one attached hydrogen (secondary N) is 1. The molecular formula is C10H13N3O3S. The van der Waals surface area contributed by atoms with Crippen LogP contribution >= 0.6 is 11.8 Å². The number of nitrogen functional groups attached to an aromatic ring is 1. The van der Waals surface area contributed by atoms with Crippen LogP contribution in [0.5, 0.6) is 0 Å². The highest BCUT2D eigenvalue weighted by atomic mass is 32.2. The van der Waals surface area contributed by atoms with Crippen LogP contribution in [0.25, 0.3) is 0 Å². The Balaban J connectivity index is 2.01. The highest BCUT2D eigenvalue weighted by molar-refractivity contribution is 7.99. The molecule has 4 N–H and O–H groups in total. The molecule has 0 aliphatic heterocycles. The van der Waals surface area contributed by atoms with Crippen molar-refractivity contribution < 1.29 is 9.90 Å². The molecule has 1 fully saturated rings. The van der Waals surface area contributed by atoms with Gasteiger partial charge in [-0.05, 0) is 18.3 Å². The third-order valence-electron chi connectivity index (χ3n) is 2.85. The van der Waals surface area contributed by atoms with Gasteiger partial charge in [0.25, 0.3) is 5.56 Å². The van der Waals surface area contributed by atoms with Crippen LogP contribution in [-0.2, 0) is 4.79 Å². The van der Waals surface area contributed by atoms with Crippen LogP contribution in [0, 0.1) is 5.41 Å². The van der Waals surface area contributed by atoms with Gasteiger partial charge in [0, 0.05) is 5.75 Å². The fourth-order valence-corrected chi connectivity index (χ4v) is 2.81. The highest BCUT2D eigenvalue weighted by Gasteiger charge is 2.44. The van der Waals surface area contributed by atoms with Crippen molar-refractivity contribution in [2.75, 3.05) is 11.5 Å². The molecule has 0 bridgehead atoms. The Morgan fingerprint density at radius 3 is 2.94 bits per heavy atom. The van der Waals surface area contributed by atoms with Crippen molar-refractivity contribution in [1.82, 2.24) is 9.97 Å². The number of carbonyl (C=O) groups is 1. The van der Waals surface area contributed by atoms with Crippen LogP contribution in [0.4, 0.5) is 5.69 Å². The molecule has 1 aromatic rings. The van der Waals surface area contributed by atoms with Crippen LogP contribution in [0.3, 0.4) is 0 Å². The van der Waals surface area contributed by atoms with E-state index in [0.29, 0.717) is 10.8 Å². The molecule has 17 heavy (non-hydrogen) atoms. The molecule has 92 valence electrons. The zero-order valence-corrected chi connectivity index (χ0v) is 9.92. The maximum Gasteiger partial charge on any atom is 0.303 e. The van der Waals surface area contributed by atoms with Gasteiger partial charge in [-0.3, -0.25) is 9.59 Å². The third-order valence-corrected chi connectivity index (χ3v) is 4.21. The standard InChI is InChI=1S/C10H13N3O3S/c11-7-8(16)12-5-13-9(7)17-4-10(1-2-10)3-6(14)15/h5H,1-4,11H2,(H,14,15)(H,12,13,16). The summed E-state index contributed by atoms with van der Waals surface area (Å²) in [6.07, 6.45) is 3.30. The molecule has 0 saturated heterocycles. The van der Waals surface area contributed by atoms with E-state index in [1.54, 1.807) is 0 Å². The summed E-state index contributed by atoms with van der Waals surface area (Å²) in [5, 5.41) is 9.26. The minimum Gasteiger partial charge on any atom is -0.481 e. The summed E-state index contributed by atoms with van der Waals surface area (Å²) in [6, 6.07) is 0. The van der Waals surface area contributed by atoms with Crippen molar-refractivity contribution in [1.29, 1.82) is 0 Å². The quantitative estimate of drug-likeness (QED) is 0.528. The lowest BCUT2D eigenvalue weighted by Gasteiger charge is -2.11. The molecule has 6 nitrogen and oxygen atoms in total. The van der Waals surface area contributed by atoms with Gasteiger partial charge in [-0.15, -0.1) is 11.8 Å². The number of carboxylic acids is 1. The number of hydrogen-bond donors (Lipinski definition) is 3. The number of aliphatic carboxylic acids is 1. The number of aromatic amines is 1. The van der Waals surface area contributed by atoms with Crippen molar-refractivity contribution in [2.45, 2.75) is 24.3 Å². The molecule has 1 aromatic heterocycles. The summed E-state index contributed by atoms with van der Waals surface area (Å²) in [5.74, 6) is -0.144. The minimum absolute atomic E-state index is 0.101. The topological polar surface area (TPSA) is 109 Å². The first kappa shape index (κ1) is 12.0. The molecule has 0 aromatic carbocycles. The predicted octanol–water partition coefficient (Wildman–Crippen LogP) is 0.699. The minimum atomic E-state index is -0.782. The van der Waals surface area contributed by atoms with Crippen LogP contribution in [0.2, 0.25) is 0 Å². The van der Waals surface area contributed by atoms with Crippen molar-refractivity contribution in [2.24, 2.45) is 5.41 Å². The first-order valence-electron chi connectivity index (χ1n) is 5.20. The number of nitrogens with two attached hydrogens (primary N) is 1. The predicted molar refractivity (Wildman–Crippen MR) is 63.9 cm³/mol. The molecule has 0 radical (unpaired) electrons. The fraction of sp³-hybridized carbons (Fsp3) is 0.500. The van der Waals surface area contributed by atoms with E-state index >= 15 is 0 Å². The second-order valence-corrected chi connectivity index (χ2v) is 5.27. The number of anilines is 1. The molecule has 0 unspecified atom stereocenters. The van der Waals surface area contributed by atoms with Crippen molar-refractivity contribution in [3.63, 3.8) is 0 Å². The van der Waals surface area contributed by atoms with Gasteiger partial charge in [-0.1, -0.05) is 0 Å². The summed E-state index contributed by atoms with van der Waals surface area (Å²) in [6.45, 7) is 0. The Morgan fingerprint density at radius 2 is 2.35 bits per heavy atom.